The molecule has 0 saturated carbocycles. The monoisotopic (exact) mass is 339 g/mol. The Morgan fingerprint density at radius 1 is 1.24 bits per heavy atom. The summed E-state index contributed by atoms with van der Waals surface area (Å²) in [5, 5.41) is 2.85. The number of nitrogens with one attached hydrogen (secondary N) is 1. The van der Waals surface area contributed by atoms with Crippen molar-refractivity contribution in [2.45, 2.75) is 26.2 Å². The molecule has 2 amide bonds. The highest BCUT2D eigenvalue weighted by Gasteiger charge is 2.25. The molecule has 3 rings (SSSR count). The van der Waals surface area contributed by atoms with E-state index in [0.29, 0.717) is 29.2 Å². The minimum Gasteiger partial charge on any atom is -0.482 e. The summed E-state index contributed by atoms with van der Waals surface area (Å²) in [5.41, 5.74) is 1.86. The number of amides is 2. The van der Waals surface area contributed by atoms with Crippen molar-refractivity contribution in [2.24, 2.45) is 0 Å². The molecule has 1 aromatic carbocycles. The maximum absolute atomic E-state index is 12.3. The highest BCUT2D eigenvalue weighted by molar-refractivity contribution is 6.05. The molecule has 0 bridgehead atoms. The topological polar surface area (TPSA) is 71.5 Å². The summed E-state index contributed by atoms with van der Waals surface area (Å²) < 4.78 is 5.50. The maximum atomic E-state index is 12.3. The molecule has 1 aliphatic rings. The Balaban J connectivity index is 1.79. The lowest BCUT2D eigenvalue weighted by atomic mass is 10.1. The molecule has 1 N–H and O–H groups in total. The van der Waals surface area contributed by atoms with Gasteiger partial charge in [-0.3, -0.25) is 14.6 Å². The summed E-state index contributed by atoms with van der Waals surface area (Å²) >= 11 is 0. The van der Waals surface area contributed by atoms with Crippen LogP contribution in [-0.4, -0.2) is 29.9 Å². The Bertz CT molecular complexity index is 762. The van der Waals surface area contributed by atoms with Gasteiger partial charge in [0.2, 0.25) is 0 Å². The van der Waals surface area contributed by atoms with Crippen LogP contribution in [0.4, 0.5) is 11.4 Å². The number of fused-ring (bicyclic) bond motifs is 1. The van der Waals surface area contributed by atoms with E-state index in [9.17, 15) is 9.59 Å². The van der Waals surface area contributed by atoms with Crippen LogP contribution in [0.15, 0.2) is 42.7 Å². The van der Waals surface area contributed by atoms with E-state index in [4.69, 9.17) is 4.74 Å². The number of carbonyl (C=O) groups excluding carboxylic acids is 2. The van der Waals surface area contributed by atoms with E-state index in [2.05, 4.69) is 17.2 Å². The molecule has 6 nitrogen and oxygen atoms in total. The van der Waals surface area contributed by atoms with Crippen molar-refractivity contribution in [3.8, 4) is 5.75 Å². The Morgan fingerprint density at radius 3 is 2.80 bits per heavy atom. The molecule has 0 fully saturated rings. The van der Waals surface area contributed by atoms with Gasteiger partial charge in [-0.2, -0.15) is 0 Å². The Kier molecular flexibility index (Phi) is 5.28. The molecule has 1 aliphatic heterocycles. The predicted molar refractivity (Wildman–Crippen MR) is 96.0 cm³/mol. The summed E-state index contributed by atoms with van der Waals surface area (Å²) in [7, 11) is 0. The number of benzene rings is 1. The number of carbonyl (C=O) groups is 2. The van der Waals surface area contributed by atoms with Gasteiger partial charge in [0.25, 0.3) is 11.8 Å². The van der Waals surface area contributed by atoms with Crippen LogP contribution in [0.5, 0.6) is 5.75 Å². The highest BCUT2D eigenvalue weighted by Crippen LogP contribution is 2.35. The number of hydrogen-bond donors (Lipinski definition) is 1. The molecular formula is C19H21N3O3. The number of aromatic nitrogens is 1. The largest absolute Gasteiger partial charge is 0.482 e. The first-order chi connectivity index (χ1) is 12.2. The van der Waals surface area contributed by atoms with Gasteiger partial charge in [0, 0.05) is 30.2 Å². The van der Waals surface area contributed by atoms with Crippen LogP contribution in [0.2, 0.25) is 0 Å². The number of pyridine rings is 1. The summed E-state index contributed by atoms with van der Waals surface area (Å²) in [4.78, 5) is 30.2. The molecule has 0 unspecified atom stereocenters. The van der Waals surface area contributed by atoms with Crippen molar-refractivity contribution < 1.29 is 14.3 Å². The average Bonchev–Trinajstić information content (AvgIpc) is 2.64. The standard InChI is InChI=1S/C19H21N3O3/c1-2-3-4-11-22-16-12-15(5-6-17(16)25-13-18(22)23)21-19(24)14-7-9-20-10-8-14/h5-10,12H,2-4,11,13H2,1H3,(H,21,24). The van der Waals surface area contributed by atoms with Crippen LogP contribution in [0.1, 0.15) is 36.5 Å². The number of rotatable bonds is 6. The minimum absolute atomic E-state index is 0.0544. The van der Waals surface area contributed by atoms with Crippen LogP contribution < -0.4 is 15.0 Å². The van der Waals surface area contributed by atoms with Crippen LogP contribution >= 0.6 is 0 Å². The lowest BCUT2D eigenvalue weighted by Gasteiger charge is -2.29. The van der Waals surface area contributed by atoms with E-state index in [1.165, 1.54) is 0 Å². The van der Waals surface area contributed by atoms with Gasteiger partial charge in [0.1, 0.15) is 5.75 Å². The van der Waals surface area contributed by atoms with Crippen LogP contribution in [0.3, 0.4) is 0 Å². The SMILES string of the molecule is CCCCCN1C(=O)COc2ccc(NC(=O)c3ccncc3)cc21. The molecule has 2 heterocycles. The third-order valence-electron chi connectivity index (χ3n) is 4.09. The zero-order valence-electron chi connectivity index (χ0n) is 14.2. The first kappa shape index (κ1) is 17.0. The average molecular weight is 339 g/mol. The van der Waals surface area contributed by atoms with Gasteiger partial charge in [-0.05, 0) is 36.8 Å². The third kappa shape index (κ3) is 3.96. The van der Waals surface area contributed by atoms with Crippen molar-refractivity contribution in [2.75, 3.05) is 23.4 Å². The van der Waals surface area contributed by atoms with Crippen molar-refractivity contribution in [1.29, 1.82) is 0 Å². The Hall–Kier alpha value is -2.89. The molecular weight excluding hydrogens is 318 g/mol. The molecule has 1 aromatic heterocycles. The molecule has 0 aliphatic carbocycles. The maximum Gasteiger partial charge on any atom is 0.265 e. The molecule has 0 radical (unpaired) electrons. The van der Waals surface area contributed by atoms with E-state index < -0.39 is 0 Å². The number of nitrogens with zero attached hydrogens (tertiary/aromatic N) is 2. The second-order valence-corrected chi connectivity index (χ2v) is 5.91. The Morgan fingerprint density at radius 2 is 2.04 bits per heavy atom. The lowest BCUT2D eigenvalue weighted by molar-refractivity contribution is -0.121. The van der Waals surface area contributed by atoms with Gasteiger partial charge in [-0.25, -0.2) is 0 Å². The van der Waals surface area contributed by atoms with E-state index in [1.807, 2.05) is 0 Å². The molecule has 0 spiro atoms. The number of hydrogen-bond acceptors (Lipinski definition) is 4. The van der Waals surface area contributed by atoms with Crippen LogP contribution in [0, 0.1) is 0 Å². The van der Waals surface area contributed by atoms with Crippen molar-refractivity contribution in [1.82, 2.24) is 4.98 Å². The fourth-order valence-corrected chi connectivity index (χ4v) is 2.75. The predicted octanol–water partition coefficient (Wildman–Crippen LogP) is 3.25. The zero-order valence-corrected chi connectivity index (χ0v) is 14.2. The fourth-order valence-electron chi connectivity index (χ4n) is 2.75. The van der Waals surface area contributed by atoms with Gasteiger partial charge < -0.3 is 15.0 Å². The second kappa shape index (κ2) is 7.79. The minimum atomic E-state index is -0.220. The Labute approximate surface area is 146 Å². The zero-order chi connectivity index (χ0) is 17.6. The summed E-state index contributed by atoms with van der Waals surface area (Å²) in [6, 6.07) is 8.65. The fraction of sp³-hybridized carbons (Fsp3) is 0.316. The van der Waals surface area contributed by atoms with Crippen molar-refractivity contribution in [3.63, 3.8) is 0 Å². The van der Waals surface area contributed by atoms with Gasteiger partial charge in [0.05, 0.1) is 5.69 Å². The normalized spacial score (nSPS) is 13.2. The second-order valence-electron chi connectivity index (χ2n) is 5.91. The molecule has 2 aromatic rings. The molecule has 0 saturated heterocycles. The number of unbranched alkanes of at least 4 members (excludes halogenated alkanes) is 2. The van der Waals surface area contributed by atoms with E-state index in [1.54, 1.807) is 47.6 Å². The van der Waals surface area contributed by atoms with Gasteiger partial charge in [0.15, 0.2) is 6.61 Å². The molecule has 0 atom stereocenters. The summed E-state index contributed by atoms with van der Waals surface area (Å²) in [6.45, 7) is 2.84. The van der Waals surface area contributed by atoms with E-state index in [0.717, 1.165) is 19.3 Å². The van der Waals surface area contributed by atoms with Gasteiger partial charge in [-0.1, -0.05) is 19.8 Å². The summed E-state index contributed by atoms with van der Waals surface area (Å²) in [5.74, 6) is 0.391. The first-order valence-corrected chi connectivity index (χ1v) is 8.47. The van der Waals surface area contributed by atoms with E-state index >= 15 is 0 Å². The van der Waals surface area contributed by atoms with Crippen LogP contribution in [0.25, 0.3) is 0 Å². The molecule has 130 valence electrons. The van der Waals surface area contributed by atoms with Crippen molar-refractivity contribution >= 4 is 23.2 Å². The highest BCUT2D eigenvalue weighted by atomic mass is 16.5. The summed E-state index contributed by atoms with van der Waals surface area (Å²) in [6.07, 6.45) is 6.24. The van der Waals surface area contributed by atoms with Gasteiger partial charge in [-0.15, -0.1) is 0 Å². The number of ether oxygens (including phenoxy) is 1. The lowest BCUT2D eigenvalue weighted by Crippen LogP contribution is -2.39. The smallest absolute Gasteiger partial charge is 0.265 e. The quantitative estimate of drug-likeness (QED) is 0.820. The molecule has 6 heteroatoms. The first-order valence-electron chi connectivity index (χ1n) is 8.47. The molecule has 25 heavy (non-hydrogen) atoms. The van der Waals surface area contributed by atoms with Crippen molar-refractivity contribution in [3.05, 3.63) is 48.3 Å². The van der Waals surface area contributed by atoms with E-state index in [-0.39, 0.29) is 18.4 Å². The number of anilines is 2. The van der Waals surface area contributed by atoms with Crippen LogP contribution in [-0.2, 0) is 4.79 Å². The van der Waals surface area contributed by atoms with Gasteiger partial charge >= 0.3 is 0 Å². The third-order valence-corrected chi connectivity index (χ3v) is 4.09.